The van der Waals surface area contributed by atoms with Crippen molar-refractivity contribution in [2.75, 3.05) is 46.0 Å². The van der Waals surface area contributed by atoms with Crippen LogP contribution in [-0.4, -0.2) is 66.8 Å². The molecule has 0 bridgehead atoms. The molecule has 0 saturated carbocycles. The molecular formula is C24H29ClN4O3. The van der Waals surface area contributed by atoms with Gasteiger partial charge in [0.2, 0.25) is 5.91 Å². The van der Waals surface area contributed by atoms with E-state index >= 15 is 0 Å². The summed E-state index contributed by atoms with van der Waals surface area (Å²) < 4.78 is 12.1. The van der Waals surface area contributed by atoms with Crippen molar-refractivity contribution in [1.82, 2.24) is 20.2 Å². The molecule has 1 aromatic carbocycles. The van der Waals surface area contributed by atoms with Crippen molar-refractivity contribution in [1.29, 1.82) is 0 Å². The summed E-state index contributed by atoms with van der Waals surface area (Å²) in [7, 11) is 0. The number of nitrogens with one attached hydrogen (secondary N) is 1. The van der Waals surface area contributed by atoms with E-state index in [1.807, 2.05) is 41.4 Å². The number of carbonyl (C=O) groups excluding carboxylic acids is 1. The largest absolute Gasteiger partial charge is 0.380 e. The van der Waals surface area contributed by atoms with Gasteiger partial charge in [-0.15, -0.1) is 12.4 Å². The Bertz CT molecular complexity index is 984. The molecule has 170 valence electrons. The molecule has 1 aromatic heterocycles. The van der Waals surface area contributed by atoms with Crippen LogP contribution in [-0.2, 0) is 26.3 Å². The fraction of sp³-hybridized carbons (Fsp3) is 0.542. The Kier molecular flexibility index (Phi) is 5.70. The third-order valence-corrected chi connectivity index (χ3v) is 7.65. The monoisotopic (exact) mass is 456 g/mol. The van der Waals surface area contributed by atoms with E-state index in [1.54, 1.807) is 0 Å². The topological polar surface area (TPSA) is 76.6 Å². The summed E-state index contributed by atoms with van der Waals surface area (Å²) in [6, 6.07) is 10.1. The van der Waals surface area contributed by atoms with E-state index in [0.29, 0.717) is 38.8 Å². The number of likely N-dealkylation sites (tertiary alicyclic amines) is 1. The number of nitrogens with zero attached hydrogens (tertiary/aromatic N) is 3. The molecular weight excluding hydrogens is 428 g/mol. The standard InChI is InChI=1S/C24H28N4O3.ClH/c29-22(23-15-25-13-19(23)14-30-16-23)28-9-7-24(8-10-28)20-18(6-11-31-24)12-26-21(27-20)17-4-2-1-3-5-17;/h1-5,12,19,25H,6-11,13-16H2;1H/t19-,23-;/m0./s1. The predicted octanol–water partition coefficient (Wildman–Crippen LogP) is 2.19. The van der Waals surface area contributed by atoms with Crippen LogP contribution < -0.4 is 5.32 Å². The average Bonchev–Trinajstić information content (AvgIpc) is 3.41. The molecule has 1 N–H and O–H groups in total. The highest BCUT2D eigenvalue weighted by atomic mass is 35.5. The highest BCUT2D eigenvalue weighted by Crippen LogP contribution is 2.44. The van der Waals surface area contributed by atoms with Crippen LogP contribution in [0.5, 0.6) is 0 Å². The zero-order valence-corrected chi connectivity index (χ0v) is 18.9. The Labute approximate surface area is 194 Å². The summed E-state index contributed by atoms with van der Waals surface area (Å²) in [5, 5.41) is 3.41. The van der Waals surface area contributed by atoms with Crippen molar-refractivity contribution in [3.8, 4) is 11.4 Å². The first-order chi connectivity index (χ1) is 15.2. The van der Waals surface area contributed by atoms with Crippen LogP contribution in [0.25, 0.3) is 11.4 Å². The number of halogens is 1. The highest BCUT2D eigenvalue weighted by molar-refractivity contribution is 5.85. The third-order valence-electron chi connectivity index (χ3n) is 7.65. The molecule has 7 nitrogen and oxygen atoms in total. The van der Waals surface area contributed by atoms with E-state index in [4.69, 9.17) is 14.5 Å². The minimum atomic E-state index is -0.423. The maximum absolute atomic E-state index is 13.5. The van der Waals surface area contributed by atoms with E-state index < -0.39 is 5.60 Å². The first kappa shape index (κ1) is 21.8. The molecule has 0 radical (unpaired) electrons. The Hall–Kier alpha value is -2.06. The summed E-state index contributed by atoms with van der Waals surface area (Å²) in [6.07, 6.45) is 4.34. The van der Waals surface area contributed by atoms with Crippen molar-refractivity contribution >= 4 is 18.3 Å². The van der Waals surface area contributed by atoms with Crippen molar-refractivity contribution in [3.05, 3.63) is 47.8 Å². The van der Waals surface area contributed by atoms with Crippen molar-refractivity contribution in [2.24, 2.45) is 11.3 Å². The number of fused-ring (bicyclic) bond motifs is 3. The normalized spacial score (nSPS) is 28.1. The molecule has 2 aromatic rings. The Morgan fingerprint density at radius 3 is 2.81 bits per heavy atom. The number of hydrogen-bond acceptors (Lipinski definition) is 6. The summed E-state index contributed by atoms with van der Waals surface area (Å²) >= 11 is 0. The number of aromatic nitrogens is 2. The number of benzene rings is 1. The van der Waals surface area contributed by atoms with Crippen LogP contribution in [0.2, 0.25) is 0 Å². The Morgan fingerprint density at radius 1 is 1.19 bits per heavy atom. The van der Waals surface area contributed by atoms with Gasteiger partial charge in [-0.3, -0.25) is 4.79 Å². The summed E-state index contributed by atoms with van der Waals surface area (Å²) in [6.45, 7) is 4.89. The fourth-order valence-electron chi connectivity index (χ4n) is 5.79. The SMILES string of the molecule is Cl.O=C(N1CCC2(CC1)OCCc1cnc(-c3ccccc3)nc12)[C@]12CNC[C@H]1COC2. The van der Waals surface area contributed by atoms with Crippen LogP contribution >= 0.6 is 12.4 Å². The number of rotatable bonds is 2. The molecule has 4 aliphatic rings. The maximum atomic E-state index is 13.5. The summed E-state index contributed by atoms with van der Waals surface area (Å²) in [4.78, 5) is 25.1. The van der Waals surface area contributed by atoms with Gasteiger partial charge in [-0.25, -0.2) is 9.97 Å². The highest BCUT2D eigenvalue weighted by Gasteiger charge is 2.55. The van der Waals surface area contributed by atoms with E-state index in [-0.39, 0.29) is 23.7 Å². The number of piperidine rings is 1. The molecule has 2 atom stereocenters. The predicted molar refractivity (Wildman–Crippen MR) is 121 cm³/mol. The molecule has 8 heteroatoms. The van der Waals surface area contributed by atoms with Gasteiger partial charge in [-0.05, 0) is 24.8 Å². The second-order valence-electron chi connectivity index (χ2n) is 9.32. The van der Waals surface area contributed by atoms with Gasteiger partial charge in [0, 0.05) is 43.9 Å². The fourth-order valence-corrected chi connectivity index (χ4v) is 5.79. The first-order valence-corrected chi connectivity index (χ1v) is 11.3. The molecule has 32 heavy (non-hydrogen) atoms. The summed E-state index contributed by atoms with van der Waals surface area (Å²) in [5.74, 6) is 1.28. The van der Waals surface area contributed by atoms with Gasteiger partial charge in [-0.1, -0.05) is 30.3 Å². The quantitative estimate of drug-likeness (QED) is 0.746. The molecule has 4 aliphatic heterocycles. The van der Waals surface area contributed by atoms with Crippen molar-refractivity contribution in [3.63, 3.8) is 0 Å². The molecule has 0 aliphatic carbocycles. The lowest BCUT2D eigenvalue weighted by molar-refractivity contribution is -0.151. The zero-order valence-electron chi connectivity index (χ0n) is 18.1. The smallest absolute Gasteiger partial charge is 0.232 e. The summed E-state index contributed by atoms with van der Waals surface area (Å²) in [5.41, 5.74) is 2.40. The van der Waals surface area contributed by atoms with E-state index in [9.17, 15) is 4.79 Å². The van der Waals surface area contributed by atoms with Gasteiger partial charge in [0.1, 0.15) is 5.60 Å². The van der Waals surface area contributed by atoms with Crippen LogP contribution in [0.1, 0.15) is 24.1 Å². The maximum Gasteiger partial charge on any atom is 0.232 e. The number of carbonyl (C=O) groups is 1. The average molecular weight is 457 g/mol. The zero-order chi connectivity index (χ0) is 20.9. The lowest BCUT2D eigenvalue weighted by atomic mass is 9.78. The Morgan fingerprint density at radius 2 is 2.00 bits per heavy atom. The number of ether oxygens (including phenoxy) is 2. The van der Waals surface area contributed by atoms with Gasteiger partial charge in [0.15, 0.2) is 5.82 Å². The van der Waals surface area contributed by atoms with E-state index in [0.717, 1.165) is 49.4 Å². The molecule has 3 fully saturated rings. The van der Waals surface area contributed by atoms with Gasteiger partial charge in [-0.2, -0.15) is 0 Å². The van der Waals surface area contributed by atoms with Gasteiger partial charge < -0.3 is 19.7 Å². The first-order valence-electron chi connectivity index (χ1n) is 11.3. The van der Waals surface area contributed by atoms with Crippen LogP contribution in [0.15, 0.2) is 36.5 Å². The lowest BCUT2D eigenvalue weighted by Gasteiger charge is -2.45. The van der Waals surface area contributed by atoms with Gasteiger partial charge in [0.25, 0.3) is 0 Å². The van der Waals surface area contributed by atoms with E-state index in [1.165, 1.54) is 5.56 Å². The molecule has 6 rings (SSSR count). The minimum Gasteiger partial charge on any atom is -0.380 e. The molecule has 1 amide bonds. The van der Waals surface area contributed by atoms with Crippen LogP contribution in [0.3, 0.4) is 0 Å². The lowest BCUT2D eigenvalue weighted by Crippen LogP contribution is -2.54. The molecule has 1 spiro atoms. The second kappa shape index (κ2) is 8.37. The van der Waals surface area contributed by atoms with Gasteiger partial charge >= 0.3 is 0 Å². The number of hydrogen-bond donors (Lipinski definition) is 1. The third kappa shape index (κ3) is 3.34. The van der Waals surface area contributed by atoms with Crippen LogP contribution in [0.4, 0.5) is 0 Å². The Balaban J connectivity index is 0.00000216. The second-order valence-corrected chi connectivity index (χ2v) is 9.32. The van der Waals surface area contributed by atoms with E-state index in [2.05, 4.69) is 10.3 Å². The molecule has 5 heterocycles. The van der Waals surface area contributed by atoms with Gasteiger partial charge in [0.05, 0.1) is 30.9 Å². The van der Waals surface area contributed by atoms with Crippen molar-refractivity contribution < 1.29 is 14.3 Å². The van der Waals surface area contributed by atoms with Crippen LogP contribution in [0, 0.1) is 11.3 Å². The molecule has 0 unspecified atom stereocenters. The number of amides is 1. The molecule has 3 saturated heterocycles. The minimum absolute atomic E-state index is 0. The van der Waals surface area contributed by atoms with Crippen molar-refractivity contribution in [2.45, 2.75) is 24.9 Å².